The minimum absolute atomic E-state index is 0.517. The Bertz CT molecular complexity index is 928. The fourth-order valence-electron chi connectivity index (χ4n) is 4.60. The first-order chi connectivity index (χ1) is 13.9. The maximum atomic E-state index is 11.7. The Morgan fingerprint density at radius 1 is 1.03 bits per heavy atom. The van der Waals surface area contributed by atoms with E-state index in [1.165, 1.54) is 6.26 Å². The number of hydrogen-bond acceptors (Lipinski definition) is 6. The molecule has 2 aromatic heterocycles. The van der Waals surface area contributed by atoms with Crippen molar-refractivity contribution in [2.75, 3.05) is 32.4 Å². The second kappa shape index (κ2) is 8.49. The summed E-state index contributed by atoms with van der Waals surface area (Å²) >= 11 is 0. The fraction of sp³-hybridized carbons (Fsp3) is 0.650. The van der Waals surface area contributed by atoms with E-state index < -0.39 is 10.0 Å². The van der Waals surface area contributed by atoms with Gasteiger partial charge in [0.15, 0.2) is 5.82 Å². The van der Waals surface area contributed by atoms with Crippen molar-refractivity contribution in [3.05, 3.63) is 30.5 Å². The molecule has 9 heteroatoms. The number of sulfonamides is 1. The number of piperidine rings is 2. The Balaban J connectivity index is 1.29. The molecule has 0 aromatic carbocycles. The van der Waals surface area contributed by atoms with Crippen LogP contribution in [0.4, 0.5) is 0 Å². The molecular formula is C20H30N6O2S. The van der Waals surface area contributed by atoms with Crippen molar-refractivity contribution in [1.29, 1.82) is 0 Å². The summed E-state index contributed by atoms with van der Waals surface area (Å²) in [7, 11) is -1.08. The van der Waals surface area contributed by atoms with E-state index >= 15 is 0 Å². The van der Waals surface area contributed by atoms with Gasteiger partial charge in [-0.25, -0.2) is 27.7 Å². The van der Waals surface area contributed by atoms with E-state index in [9.17, 15) is 8.42 Å². The minimum Gasteiger partial charge on any atom is -0.333 e. The van der Waals surface area contributed by atoms with Gasteiger partial charge in [-0.2, -0.15) is 0 Å². The SMILES string of the molecule is Cn1ccnc1-c1cc(CC2CCN(C3CCN(S(C)(=O)=O)CC3)CC2)ncn1. The van der Waals surface area contributed by atoms with Crippen LogP contribution in [0.15, 0.2) is 24.8 Å². The molecule has 2 aliphatic heterocycles. The molecule has 0 spiro atoms. The number of aryl methyl sites for hydroxylation is 1. The van der Waals surface area contributed by atoms with E-state index in [4.69, 9.17) is 0 Å². The molecule has 2 fully saturated rings. The Kier molecular flexibility index (Phi) is 5.98. The summed E-state index contributed by atoms with van der Waals surface area (Å²) in [5.41, 5.74) is 1.95. The molecule has 2 saturated heterocycles. The standard InChI is InChI=1S/C20H30N6O2S/c1-24-12-7-21-20(24)19-14-17(22-15-23-19)13-16-3-8-25(9-4-16)18-5-10-26(11-6-18)29(2,27)28/h7,12,14-16,18H,3-6,8-11,13H2,1-2H3. The van der Waals surface area contributed by atoms with Crippen molar-refractivity contribution in [2.24, 2.45) is 13.0 Å². The first-order valence-electron chi connectivity index (χ1n) is 10.4. The summed E-state index contributed by atoms with van der Waals surface area (Å²) in [6, 6.07) is 2.58. The van der Waals surface area contributed by atoms with E-state index in [0.717, 1.165) is 62.4 Å². The quantitative estimate of drug-likeness (QED) is 0.733. The zero-order valence-electron chi connectivity index (χ0n) is 17.2. The molecule has 0 unspecified atom stereocenters. The summed E-state index contributed by atoms with van der Waals surface area (Å²) in [6.45, 7) is 3.48. The molecule has 4 heterocycles. The molecule has 0 N–H and O–H groups in total. The van der Waals surface area contributed by atoms with E-state index in [1.807, 2.05) is 17.8 Å². The van der Waals surface area contributed by atoms with Gasteiger partial charge in [-0.3, -0.25) is 0 Å². The van der Waals surface area contributed by atoms with Crippen LogP contribution in [0.2, 0.25) is 0 Å². The van der Waals surface area contributed by atoms with Gasteiger partial charge < -0.3 is 9.47 Å². The van der Waals surface area contributed by atoms with E-state index in [2.05, 4.69) is 25.9 Å². The summed E-state index contributed by atoms with van der Waals surface area (Å²) in [5.74, 6) is 1.50. The van der Waals surface area contributed by atoms with Gasteiger partial charge in [0.05, 0.1) is 6.26 Å². The number of rotatable bonds is 5. The molecule has 158 valence electrons. The first kappa shape index (κ1) is 20.4. The zero-order valence-corrected chi connectivity index (χ0v) is 18.1. The number of imidazole rings is 1. The maximum Gasteiger partial charge on any atom is 0.211 e. The van der Waals surface area contributed by atoms with Crippen molar-refractivity contribution in [1.82, 2.24) is 28.7 Å². The van der Waals surface area contributed by atoms with E-state index in [0.29, 0.717) is 25.0 Å². The average molecular weight is 419 g/mol. The van der Waals surface area contributed by atoms with Gasteiger partial charge in [0.1, 0.15) is 12.0 Å². The molecule has 0 radical (unpaired) electrons. The third-order valence-corrected chi connectivity index (χ3v) is 7.63. The van der Waals surface area contributed by atoms with Crippen molar-refractivity contribution in [3.63, 3.8) is 0 Å². The van der Waals surface area contributed by atoms with Gasteiger partial charge in [0.25, 0.3) is 0 Å². The van der Waals surface area contributed by atoms with Gasteiger partial charge in [0.2, 0.25) is 10.0 Å². The summed E-state index contributed by atoms with van der Waals surface area (Å²) in [5, 5.41) is 0. The predicted molar refractivity (Wildman–Crippen MR) is 112 cm³/mol. The van der Waals surface area contributed by atoms with Crippen LogP contribution >= 0.6 is 0 Å². The van der Waals surface area contributed by atoms with Crippen LogP contribution in [0.5, 0.6) is 0 Å². The predicted octanol–water partition coefficient (Wildman–Crippen LogP) is 1.56. The lowest BCUT2D eigenvalue weighted by Gasteiger charge is -2.41. The smallest absolute Gasteiger partial charge is 0.211 e. The molecular weight excluding hydrogens is 388 g/mol. The highest BCUT2D eigenvalue weighted by atomic mass is 32.2. The highest BCUT2D eigenvalue weighted by molar-refractivity contribution is 7.88. The van der Waals surface area contributed by atoms with Crippen LogP contribution in [0.1, 0.15) is 31.4 Å². The Labute approximate surface area is 173 Å². The molecule has 2 aliphatic rings. The number of nitrogens with zero attached hydrogens (tertiary/aromatic N) is 6. The maximum absolute atomic E-state index is 11.7. The van der Waals surface area contributed by atoms with Crippen LogP contribution in [0.25, 0.3) is 11.5 Å². The van der Waals surface area contributed by atoms with Crippen molar-refractivity contribution < 1.29 is 8.42 Å². The van der Waals surface area contributed by atoms with Crippen molar-refractivity contribution >= 4 is 10.0 Å². The highest BCUT2D eigenvalue weighted by Crippen LogP contribution is 2.27. The normalized spacial score (nSPS) is 20.9. The van der Waals surface area contributed by atoms with Crippen LogP contribution in [0, 0.1) is 5.92 Å². The van der Waals surface area contributed by atoms with Gasteiger partial charge in [-0.1, -0.05) is 0 Å². The topological polar surface area (TPSA) is 84.2 Å². The molecule has 8 nitrogen and oxygen atoms in total. The van der Waals surface area contributed by atoms with Crippen molar-refractivity contribution in [2.45, 2.75) is 38.1 Å². The third-order valence-electron chi connectivity index (χ3n) is 6.33. The molecule has 0 amide bonds. The summed E-state index contributed by atoms with van der Waals surface area (Å²) in [6.07, 6.45) is 11.8. The minimum atomic E-state index is -3.05. The number of aromatic nitrogens is 4. The summed E-state index contributed by atoms with van der Waals surface area (Å²) in [4.78, 5) is 15.8. The van der Waals surface area contributed by atoms with Gasteiger partial charge in [-0.05, 0) is 57.2 Å². The average Bonchev–Trinajstić information content (AvgIpc) is 3.14. The number of hydrogen-bond donors (Lipinski definition) is 0. The molecule has 2 aromatic rings. The van der Waals surface area contributed by atoms with Gasteiger partial charge >= 0.3 is 0 Å². The van der Waals surface area contributed by atoms with Crippen LogP contribution in [0.3, 0.4) is 0 Å². The van der Waals surface area contributed by atoms with E-state index in [1.54, 1.807) is 16.8 Å². The van der Waals surface area contributed by atoms with Crippen LogP contribution < -0.4 is 0 Å². The second-order valence-electron chi connectivity index (χ2n) is 8.33. The molecule has 0 bridgehead atoms. The Morgan fingerprint density at radius 2 is 1.76 bits per heavy atom. The third kappa shape index (κ3) is 4.84. The second-order valence-corrected chi connectivity index (χ2v) is 10.3. The molecule has 0 saturated carbocycles. The first-order valence-corrected chi connectivity index (χ1v) is 12.2. The Morgan fingerprint density at radius 3 is 2.38 bits per heavy atom. The van der Waals surface area contributed by atoms with E-state index in [-0.39, 0.29) is 0 Å². The lowest BCUT2D eigenvalue weighted by atomic mass is 9.90. The van der Waals surface area contributed by atoms with Gasteiger partial charge in [0, 0.05) is 44.3 Å². The Hall–Kier alpha value is -1.84. The lowest BCUT2D eigenvalue weighted by molar-refractivity contribution is 0.0970. The van der Waals surface area contributed by atoms with Crippen LogP contribution in [-0.2, 0) is 23.5 Å². The fourth-order valence-corrected chi connectivity index (χ4v) is 5.47. The number of likely N-dealkylation sites (tertiary alicyclic amines) is 1. The molecule has 4 rings (SSSR count). The largest absolute Gasteiger partial charge is 0.333 e. The molecule has 0 atom stereocenters. The molecule has 0 aliphatic carbocycles. The monoisotopic (exact) mass is 418 g/mol. The lowest BCUT2D eigenvalue weighted by Crippen LogP contribution is -2.48. The van der Waals surface area contributed by atoms with Crippen molar-refractivity contribution in [3.8, 4) is 11.5 Å². The van der Waals surface area contributed by atoms with Gasteiger partial charge in [-0.15, -0.1) is 0 Å². The van der Waals surface area contributed by atoms with Crippen LogP contribution in [-0.4, -0.2) is 75.6 Å². The molecule has 29 heavy (non-hydrogen) atoms. The highest BCUT2D eigenvalue weighted by Gasteiger charge is 2.30. The summed E-state index contributed by atoms with van der Waals surface area (Å²) < 4.78 is 27.0. The zero-order chi connectivity index (χ0) is 20.4.